The number of esters is 2. The second-order valence-corrected chi connectivity index (χ2v) is 11.1. The highest BCUT2D eigenvalue weighted by Crippen LogP contribution is 2.51. The van der Waals surface area contributed by atoms with Crippen molar-refractivity contribution < 1.29 is 37.2 Å². The van der Waals surface area contributed by atoms with E-state index in [4.69, 9.17) is 23.0 Å². The quantitative estimate of drug-likeness (QED) is 0.349. The number of rotatable bonds is 8. The minimum absolute atomic E-state index is 0.0360. The molecule has 0 heterocycles. The van der Waals surface area contributed by atoms with E-state index >= 15 is 0 Å². The van der Waals surface area contributed by atoms with Gasteiger partial charge >= 0.3 is 19.8 Å². The van der Waals surface area contributed by atoms with Crippen molar-refractivity contribution in [3.05, 3.63) is 29.3 Å². The third-order valence-corrected chi connectivity index (χ3v) is 4.87. The normalized spacial score (nSPS) is 12.8. The maximum atomic E-state index is 13.1. The molecule has 0 fully saturated rings. The van der Waals surface area contributed by atoms with Gasteiger partial charge in [-0.1, -0.05) is 0 Å². The first-order chi connectivity index (χ1) is 13.9. The molecule has 0 atom stereocenters. The Hall–Kier alpha value is -1.89. The molecule has 9 heteroatoms. The Morgan fingerprint density at radius 2 is 1.10 bits per heavy atom. The van der Waals surface area contributed by atoms with Crippen LogP contribution in [0.1, 0.15) is 90.0 Å². The van der Waals surface area contributed by atoms with Crippen LogP contribution in [0.4, 0.5) is 0 Å². The highest BCUT2D eigenvalue weighted by Gasteiger charge is 2.33. The number of carbonyl (C=O) groups excluding carboxylic acids is 2. The van der Waals surface area contributed by atoms with Crippen LogP contribution < -0.4 is 4.52 Å². The predicted molar refractivity (Wildman–Crippen MR) is 117 cm³/mol. The Kier molecular flexibility index (Phi) is 8.89. The third kappa shape index (κ3) is 10.3. The first-order valence-electron chi connectivity index (χ1n) is 10.2. The largest absolute Gasteiger partial charge is 0.530 e. The molecule has 0 spiro atoms. The van der Waals surface area contributed by atoms with Gasteiger partial charge in [-0.2, -0.15) is 0 Å². The molecule has 0 aliphatic rings. The van der Waals surface area contributed by atoms with Gasteiger partial charge < -0.3 is 14.0 Å². The molecule has 1 aromatic carbocycles. The standard InChI is InChI=1S/C22H35O8P/c1-14(2)28-31(25,29-15(3)4)30-18-12-16(19(23)26-21(5,6)7)11-17(13-18)20(24)27-22(8,9)10/h11-15H,1-10H3. The zero-order valence-electron chi connectivity index (χ0n) is 20.1. The minimum atomic E-state index is -4.04. The van der Waals surface area contributed by atoms with Gasteiger partial charge in [0.05, 0.1) is 23.3 Å². The van der Waals surface area contributed by atoms with E-state index < -0.39 is 43.2 Å². The van der Waals surface area contributed by atoms with Crippen molar-refractivity contribution in [3.8, 4) is 5.75 Å². The van der Waals surface area contributed by atoms with Crippen molar-refractivity contribution in [2.24, 2.45) is 0 Å². The van der Waals surface area contributed by atoms with Crippen LogP contribution in [0.2, 0.25) is 0 Å². The van der Waals surface area contributed by atoms with Crippen molar-refractivity contribution in [2.75, 3.05) is 0 Å². The van der Waals surface area contributed by atoms with Crippen LogP contribution in [0.5, 0.6) is 5.75 Å². The number of phosphoric acid groups is 1. The average Bonchev–Trinajstić information content (AvgIpc) is 2.48. The number of hydrogen-bond donors (Lipinski definition) is 0. The lowest BCUT2D eigenvalue weighted by Gasteiger charge is -2.24. The molecular weight excluding hydrogens is 423 g/mol. The Balaban J connectivity index is 3.44. The summed E-state index contributed by atoms with van der Waals surface area (Å²) in [6.07, 6.45) is -0.909. The summed E-state index contributed by atoms with van der Waals surface area (Å²) in [6.45, 7) is 17.1. The Morgan fingerprint density at radius 3 is 1.39 bits per heavy atom. The number of hydrogen-bond acceptors (Lipinski definition) is 8. The number of phosphoric ester groups is 1. The van der Waals surface area contributed by atoms with Gasteiger partial charge in [-0.3, -0.25) is 9.05 Å². The summed E-state index contributed by atoms with van der Waals surface area (Å²) < 4.78 is 40.3. The molecule has 0 saturated heterocycles. The van der Waals surface area contributed by atoms with E-state index in [9.17, 15) is 14.2 Å². The molecule has 0 unspecified atom stereocenters. The van der Waals surface area contributed by atoms with Crippen LogP contribution in [0.25, 0.3) is 0 Å². The van der Waals surface area contributed by atoms with E-state index in [1.165, 1.54) is 18.2 Å². The highest BCUT2D eigenvalue weighted by atomic mass is 31.2. The fraction of sp³-hybridized carbons (Fsp3) is 0.636. The molecule has 176 valence electrons. The van der Waals surface area contributed by atoms with Crippen molar-refractivity contribution in [3.63, 3.8) is 0 Å². The molecule has 0 amide bonds. The molecule has 8 nitrogen and oxygen atoms in total. The van der Waals surface area contributed by atoms with Crippen molar-refractivity contribution in [2.45, 2.75) is 92.6 Å². The van der Waals surface area contributed by atoms with Gasteiger partial charge in [-0.05, 0) is 87.4 Å². The minimum Gasteiger partial charge on any atom is -0.456 e. The molecule has 1 rings (SSSR count). The molecule has 0 aliphatic heterocycles. The van der Waals surface area contributed by atoms with Crippen molar-refractivity contribution in [1.29, 1.82) is 0 Å². The zero-order chi connectivity index (χ0) is 24.2. The SMILES string of the molecule is CC(C)OP(=O)(Oc1cc(C(=O)OC(C)(C)C)cc(C(=O)OC(C)(C)C)c1)OC(C)C. The second-order valence-electron chi connectivity index (χ2n) is 9.60. The molecule has 0 radical (unpaired) electrons. The summed E-state index contributed by atoms with van der Waals surface area (Å²) in [5.41, 5.74) is -1.43. The van der Waals surface area contributed by atoms with Gasteiger partial charge in [0.1, 0.15) is 17.0 Å². The summed E-state index contributed by atoms with van der Waals surface area (Å²) in [5.74, 6) is -1.40. The van der Waals surface area contributed by atoms with E-state index in [2.05, 4.69) is 0 Å². The van der Waals surface area contributed by atoms with E-state index in [1.54, 1.807) is 69.2 Å². The van der Waals surface area contributed by atoms with Gasteiger partial charge in [0, 0.05) is 0 Å². The van der Waals surface area contributed by atoms with Crippen LogP contribution in [0, 0.1) is 0 Å². The molecular formula is C22H35O8P. The first-order valence-corrected chi connectivity index (χ1v) is 11.6. The lowest BCUT2D eigenvalue weighted by atomic mass is 10.1. The molecule has 1 aromatic rings. The summed E-state index contributed by atoms with van der Waals surface area (Å²) in [7, 11) is -4.04. The molecule has 0 aromatic heterocycles. The maximum Gasteiger partial charge on any atom is 0.530 e. The lowest BCUT2D eigenvalue weighted by molar-refractivity contribution is 0.00676. The van der Waals surface area contributed by atoms with E-state index in [0.29, 0.717) is 0 Å². The van der Waals surface area contributed by atoms with Gasteiger partial charge in [-0.25, -0.2) is 14.2 Å². The van der Waals surface area contributed by atoms with Crippen LogP contribution in [0.15, 0.2) is 18.2 Å². The van der Waals surface area contributed by atoms with E-state index in [1.807, 2.05) is 0 Å². The van der Waals surface area contributed by atoms with E-state index in [0.717, 1.165) is 0 Å². The molecule has 31 heavy (non-hydrogen) atoms. The number of benzene rings is 1. The summed E-state index contributed by atoms with van der Waals surface area (Å²) in [6, 6.07) is 3.98. The predicted octanol–water partition coefficient (Wildman–Crippen LogP) is 5.93. The second kappa shape index (κ2) is 10.2. The van der Waals surface area contributed by atoms with Crippen molar-refractivity contribution in [1.82, 2.24) is 0 Å². The fourth-order valence-electron chi connectivity index (χ4n) is 2.27. The molecule has 0 bridgehead atoms. The average molecular weight is 458 g/mol. The van der Waals surface area contributed by atoms with Gasteiger partial charge in [0.2, 0.25) is 0 Å². The van der Waals surface area contributed by atoms with Crippen LogP contribution in [0.3, 0.4) is 0 Å². The molecule has 0 saturated carbocycles. The van der Waals surface area contributed by atoms with Crippen molar-refractivity contribution >= 4 is 19.8 Å². The Morgan fingerprint density at radius 1 is 0.742 bits per heavy atom. The van der Waals surface area contributed by atoms with Crippen LogP contribution in [-0.2, 0) is 23.1 Å². The summed E-state index contributed by atoms with van der Waals surface area (Å²) in [5, 5.41) is 0. The van der Waals surface area contributed by atoms with Gasteiger partial charge in [0.25, 0.3) is 0 Å². The number of ether oxygens (including phenoxy) is 2. The highest BCUT2D eigenvalue weighted by molar-refractivity contribution is 7.49. The smallest absolute Gasteiger partial charge is 0.456 e. The maximum absolute atomic E-state index is 13.1. The summed E-state index contributed by atoms with van der Waals surface area (Å²) >= 11 is 0. The van der Waals surface area contributed by atoms with Crippen LogP contribution >= 0.6 is 7.82 Å². The Bertz CT molecular complexity index is 771. The molecule has 0 aliphatic carbocycles. The molecule has 0 N–H and O–H groups in total. The topological polar surface area (TPSA) is 97.4 Å². The zero-order valence-corrected chi connectivity index (χ0v) is 21.0. The monoisotopic (exact) mass is 458 g/mol. The summed E-state index contributed by atoms with van der Waals surface area (Å²) in [4.78, 5) is 25.3. The van der Waals surface area contributed by atoms with Crippen LogP contribution in [-0.4, -0.2) is 35.3 Å². The third-order valence-electron chi connectivity index (χ3n) is 3.07. The van der Waals surface area contributed by atoms with Gasteiger partial charge in [-0.15, -0.1) is 0 Å². The first kappa shape index (κ1) is 27.1. The lowest BCUT2D eigenvalue weighted by Crippen LogP contribution is -2.25. The fourth-order valence-corrected chi connectivity index (χ4v) is 3.81. The van der Waals surface area contributed by atoms with Gasteiger partial charge in [0.15, 0.2) is 0 Å². The Labute approximate surface area is 185 Å². The van der Waals surface area contributed by atoms with E-state index in [-0.39, 0.29) is 16.9 Å². The number of carbonyl (C=O) groups is 2.